The van der Waals surface area contributed by atoms with Crippen molar-refractivity contribution >= 4 is 17.7 Å². The molecular formula is C15H19ClN2. The first-order valence-electron chi connectivity index (χ1n) is 6.23. The molecule has 0 N–H and O–H groups in total. The van der Waals surface area contributed by atoms with Crippen LogP contribution in [0.1, 0.15) is 11.1 Å². The van der Waals surface area contributed by atoms with E-state index in [1.54, 1.807) is 0 Å². The fourth-order valence-electron chi connectivity index (χ4n) is 2.26. The van der Waals surface area contributed by atoms with E-state index in [0.29, 0.717) is 0 Å². The topological polar surface area (TPSA) is 6.48 Å². The number of nitrogens with zero attached hydrogens (tertiary/aromatic N) is 2. The summed E-state index contributed by atoms with van der Waals surface area (Å²) in [6.45, 7) is 12.8. The molecular weight excluding hydrogens is 244 g/mol. The summed E-state index contributed by atoms with van der Waals surface area (Å²) in [6, 6.07) is 5.99. The van der Waals surface area contributed by atoms with Crippen LogP contribution in [0.25, 0.3) is 6.08 Å². The molecule has 0 radical (unpaired) electrons. The Bertz CT molecular complexity index is 434. The van der Waals surface area contributed by atoms with E-state index in [1.807, 2.05) is 30.5 Å². The van der Waals surface area contributed by atoms with Gasteiger partial charge in [0, 0.05) is 37.7 Å². The molecule has 1 aromatic carbocycles. The van der Waals surface area contributed by atoms with E-state index in [1.165, 1.54) is 11.1 Å². The Labute approximate surface area is 114 Å². The van der Waals surface area contributed by atoms with Gasteiger partial charge in [-0.15, -0.1) is 0 Å². The van der Waals surface area contributed by atoms with Crippen LogP contribution in [0.2, 0.25) is 5.02 Å². The number of rotatable bonds is 4. The average molecular weight is 263 g/mol. The van der Waals surface area contributed by atoms with E-state index >= 15 is 0 Å². The molecule has 0 saturated carbocycles. The lowest BCUT2D eigenvalue weighted by molar-refractivity contribution is 0.162. The first-order chi connectivity index (χ1) is 8.72. The number of hydrogen-bond acceptors (Lipinski definition) is 2. The van der Waals surface area contributed by atoms with Crippen molar-refractivity contribution in [3.63, 3.8) is 0 Å². The van der Waals surface area contributed by atoms with Crippen LogP contribution in [0.5, 0.6) is 0 Å². The summed E-state index contributed by atoms with van der Waals surface area (Å²) in [5, 5.41) is 0.792. The molecule has 18 heavy (non-hydrogen) atoms. The Morgan fingerprint density at radius 1 is 1.17 bits per heavy atom. The molecule has 2 nitrogen and oxygen atoms in total. The third-order valence-electron chi connectivity index (χ3n) is 3.38. The van der Waals surface area contributed by atoms with Gasteiger partial charge in [-0.05, 0) is 29.5 Å². The van der Waals surface area contributed by atoms with Crippen LogP contribution >= 0.6 is 11.6 Å². The zero-order valence-corrected chi connectivity index (χ0v) is 11.4. The van der Waals surface area contributed by atoms with Crippen molar-refractivity contribution in [3.05, 3.63) is 53.7 Å². The highest BCUT2D eigenvalue weighted by atomic mass is 35.5. The highest BCUT2D eigenvalue weighted by molar-refractivity contribution is 6.30. The van der Waals surface area contributed by atoms with Crippen molar-refractivity contribution in [3.8, 4) is 0 Å². The lowest BCUT2D eigenvalue weighted by Gasteiger charge is -2.34. The Balaban J connectivity index is 2.03. The fraction of sp³-hybridized carbons (Fsp3) is 0.333. The fourth-order valence-corrected chi connectivity index (χ4v) is 2.45. The highest BCUT2D eigenvalue weighted by Crippen LogP contribution is 2.19. The van der Waals surface area contributed by atoms with Crippen molar-refractivity contribution in [2.75, 3.05) is 26.2 Å². The van der Waals surface area contributed by atoms with Crippen LogP contribution < -0.4 is 0 Å². The molecule has 0 unspecified atom stereocenters. The molecule has 3 heteroatoms. The van der Waals surface area contributed by atoms with E-state index in [9.17, 15) is 0 Å². The second-order valence-electron chi connectivity index (χ2n) is 4.54. The lowest BCUT2D eigenvalue weighted by atomic mass is 10.1. The van der Waals surface area contributed by atoms with E-state index in [4.69, 9.17) is 11.6 Å². The molecule has 1 heterocycles. The second-order valence-corrected chi connectivity index (χ2v) is 4.98. The minimum absolute atomic E-state index is 0.792. The van der Waals surface area contributed by atoms with Gasteiger partial charge >= 0.3 is 0 Å². The highest BCUT2D eigenvalue weighted by Gasteiger charge is 2.15. The van der Waals surface area contributed by atoms with Crippen molar-refractivity contribution < 1.29 is 0 Å². The van der Waals surface area contributed by atoms with Gasteiger partial charge in [0.15, 0.2) is 0 Å². The molecule has 0 aliphatic carbocycles. The molecule has 2 rings (SSSR count). The number of halogens is 1. The summed E-state index contributed by atoms with van der Waals surface area (Å²) in [7, 11) is 0. The SMILES string of the molecule is C=Cc1ccc(Cl)cc1CN1CCN(C=C)CC1. The Morgan fingerprint density at radius 3 is 2.50 bits per heavy atom. The van der Waals surface area contributed by atoms with Crippen LogP contribution in [-0.4, -0.2) is 36.0 Å². The third-order valence-corrected chi connectivity index (χ3v) is 3.62. The van der Waals surface area contributed by atoms with E-state index < -0.39 is 0 Å². The molecule has 1 aliphatic rings. The zero-order chi connectivity index (χ0) is 13.0. The Morgan fingerprint density at radius 2 is 1.89 bits per heavy atom. The summed E-state index contributed by atoms with van der Waals surface area (Å²) in [6.07, 6.45) is 3.82. The second kappa shape index (κ2) is 6.07. The van der Waals surface area contributed by atoms with Crippen molar-refractivity contribution in [2.24, 2.45) is 0 Å². The normalized spacial score (nSPS) is 16.6. The monoisotopic (exact) mass is 262 g/mol. The van der Waals surface area contributed by atoms with Crippen molar-refractivity contribution in [1.29, 1.82) is 0 Å². The van der Waals surface area contributed by atoms with Crippen LogP contribution in [-0.2, 0) is 6.54 Å². The van der Waals surface area contributed by atoms with Crippen LogP contribution in [0, 0.1) is 0 Å². The van der Waals surface area contributed by atoms with Gasteiger partial charge in [0.25, 0.3) is 0 Å². The van der Waals surface area contributed by atoms with Gasteiger partial charge in [-0.25, -0.2) is 0 Å². The summed E-state index contributed by atoms with van der Waals surface area (Å²) in [5.41, 5.74) is 2.43. The average Bonchev–Trinajstić information content (AvgIpc) is 2.40. The third kappa shape index (κ3) is 3.15. The van der Waals surface area contributed by atoms with E-state index in [-0.39, 0.29) is 0 Å². The predicted molar refractivity (Wildman–Crippen MR) is 78.6 cm³/mol. The molecule has 1 saturated heterocycles. The largest absolute Gasteiger partial charge is 0.375 e. The first-order valence-corrected chi connectivity index (χ1v) is 6.60. The first kappa shape index (κ1) is 13.2. The van der Waals surface area contributed by atoms with Crippen molar-refractivity contribution in [2.45, 2.75) is 6.54 Å². The summed E-state index contributed by atoms with van der Waals surface area (Å²) >= 11 is 6.06. The summed E-state index contributed by atoms with van der Waals surface area (Å²) in [4.78, 5) is 4.70. The minimum Gasteiger partial charge on any atom is -0.375 e. The van der Waals surface area contributed by atoms with Crippen LogP contribution in [0.15, 0.2) is 37.6 Å². The maximum Gasteiger partial charge on any atom is 0.0409 e. The van der Waals surface area contributed by atoms with Gasteiger partial charge in [-0.1, -0.05) is 36.9 Å². The molecule has 0 aromatic heterocycles. The van der Waals surface area contributed by atoms with Crippen LogP contribution in [0.3, 0.4) is 0 Å². The molecule has 1 aliphatic heterocycles. The van der Waals surface area contributed by atoms with Gasteiger partial charge in [0.1, 0.15) is 0 Å². The van der Waals surface area contributed by atoms with E-state index in [0.717, 1.165) is 37.7 Å². The maximum absolute atomic E-state index is 6.06. The molecule has 0 amide bonds. The standard InChI is InChI=1S/C15H19ClN2/c1-3-13-5-6-15(16)11-14(13)12-18-9-7-17(4-2)8-10-18/h3-6,11H,1-2,7-10,12H2. The van der Waals surface area contributed by atoms with Crippen molar-refractivity contribution in [1.82, 2.24) is 9.80 Å². The summed E-state index contributed by atoms with van der Waals surface area (Å²) < 4.78 is 0. The van der Waals surface area contributed by atoms with Crippen LogP contribution in [0.4, 0.5) is 0 Å². The molecule has 0 spiro atoms. The van der Waals surface area contributed by atoms with Gasteiger partial charge in [-0.2, -0.15) is 0 Å². The minimum atomic E-state index is 0.792. The Kier molecular flexibility index (Phi) is 4.45. The molecule has 96 valence electrons. The van der Waals surface area contributed by atoms with Gasteiger partial charge in [0.2, 0.25) is 0 Å². The zero-order valence-electron chi connectivity index (χ0n) is 10.6. The molecule has 1 aromatic rings. The quantitative estimate of drug-likeness (QED) is 0.822. The number of piperazine rings is 1. The number of hydrogen-bond donors (Lipinski definition) is 0. The van der Waals surface area contributed by atoms with Gasteiger partial charge < -0.3 is 4.90 Å². The van der Waals surface area contributed by atoms with E-state index in [2.05, 4.69) is 23.0 Å². The molecule has 0 atom stereocenters. The van der Waals surface area contributed by atoms with Gasteiger partial charge in [-0.3, -0.25) is 4.90 Å². The maximum atomic E-state index is 6.06. The molecule has 1 fully saturated rings. The Hall–Kier alpha value is -1.25. The lowest BCUT2D eigenvalue weighted by Crippen LogP contribution is -2.43. The molecule has 0 bridgehead atoms. The smallest absolute Gasteiger partial charge is 0.0409 e. The summed E-state index contributed by atoms with van der Waals surface area (Å²) in [5.74, 6) is 0. The predicted octanol–water partition coefficient (Wildman–Crippen LogP) is 3.24. The van der Waals surface area contributed by atoms with Gasteiger partial charge in [0.05, 0.1) is 0 Å². The number of benzene rings is 1.